The molecule has 0 spiro atoms. The van der Waals surface area contributed by atoms with E-state index >= 15 is 0 Å². The Balaban J connectivity index is 1.58. The second-order valence-electron chi connectivity index (χ2n) is 7.00. The van der Waals surface area contributed by atoms with Gasteiger partial charge in [0.2, 0.25) is 5.91 Å². The first kappa shape index (κ1) is 19.2. The number of aromatic nitrogens is 1. The fourth-order valence-electron chi connectivity index (χ4n) is 3.57. The Bertz CT molecular complexity index is 1140. The van der Waals surface area contributed by atoms with Crippen LogP contribution in [0.3, 0.4) is 0 Å². The van der Waals surface area contributed by atoms with E-state index in [-0.39, 0.29) is 24.1 Å². The second kappa shape index (κ2) is 8.50. The number of amides is 1. The third-order valence-electron chi connectivity index (χ3n) is 5.04. The average molecular weight is 407 g/mol. The molecule has 1 unspecified atom stereocenters. The van der Waals surface area contributed by atoms with Gasteiger partial charge in [-0.3, -0.25) is 4.79 Å². The summed E-state index contributed by atoms with van der Waals surface area (Å²) in [5, 5.41) is 4.66. The van der Waals surface area contributed by atoms with E-state index in [1.165, 1.54) is 12.1 Å². The number of benzene rings is 3. The summed E-state index contributed by atoms with van der Waals surface area (Å²) in [6.07, 6.45) is 2.24. The summed E-state index contributed by atoms with van der Waals surface area (Å²) < 4.78 is 13.1. The Morgan fingerprint density at radius 1 is 1.03 bits per heavy atom. The van der Waals surface area contributed by atoms with Crippen LogP contribution in [-0.2, 0) is 11.3 Å². The number of carbonyl (C=O) groups excluding carboxylic acids is 1. The summed E-state index contributed by atoms with van der Waals surface area (Å²) in [7, 11) is 0. The smallest absolute Gasteiger partial charge is 0.221 e. The van der Waals surface area contributed by atoms with Gasteiger partial charge in [0.15, 0.2) is 0 Å². The van der Waals surface area contributed by atoms with Gasteiger partial charge in [-0.05, 0) is 47.0 Å². The van der Waals surface area contributed by atoms with Crippen molar-refractivity contribution in [2.45, 2.75) is 18.9 Å². The van der Waals surface area contributed by atoms with Crippen LogP contribution in [-0.4, -0.2) is 10.9 Å². The molecule has 0 saturated carbocycles. The van der Waals surface area contributed by atoms with E-state index in [0.29, 0.717) is 11.6 Å². The number of fused-ring (bicyclic) bond motifs is 1. The van der Waals surface area contributed by atoms with Gasteiger partial charge in [-0.1, -0.05) is 54.1 Å². The molecule has 0 aliphatic carbocycles. The molecule has 146 valence electrons. The summed E-state index contributed by atoms with van der Waals surface area (Å²) >= 11 is 6.22. The minimum atomic E-state index is -0.291. The topological polar surface area (TPSA) is 44.9 Å². The van der Waals surface area contributed by atoms with E-state index < -0.39 is 0 Å². The highest BCUT2D eigenvalue weighted by atomic mass is 35.5. The summed E-state index contributed by atoms with van der Waals surface area (Å²) in [6, 6.07) is 21.8. The van der Waals surface area contributed by atoms with Crippen molar-refractivity contribution < 1.29 is 9.18 Å². The molecule has 5 heteroatoms. The SMILES string of the molecule is O=C(CC(c1cccc(Cl)c1)c1c[nH]c2ccccc12)NCc1ccc(F)cc1. The second-order valence-corrected chi connectivity index (χ2v) is 7.44. The van der Waals surface area contributed by atoms with Crippen molar-refractivity contribution in [2.24, 2.45) is 0 Å². The van der Waals surface area contributed by atoms with Gasteiger partial charge in [0, 0.05) is 41.0 Å². The van der Waals surface area contributed by atoms with E-state index in [9.17, 15) is 9.18 Å². The van der Waals surface area contributed by atoms with Gasteiger partial charge in [-0.2, -0.15) is 0 Å². The Kier molecular flexibility index (Phi) is 5.63. The number of carbonyl (C=O) groups is 1. The van der Waals surface area contributed by atoms with Crippen LogP contribution in [0.1, 0.15) is 29.0 Å². The number of aromatic amines is 1. The molecular weight excluding hydrogens is 387 g/mol. The first-order chi connectivity index (χ1) is 14.1. The predicted octanol–water partition coefficient (Wildman–Crippen LogP) is 5.80. The van der Waals surface area contributed by atoms with Crippen molar-refractivity contribution in [3.63, 3.8) is 0 Å². The Morgan fingerprint density at radius 2 is 1.83 bits per heavy atom. The lowest BCUT2D eigenvalue weighted by atomic mass is 9.88. The Labute approximate surface area is 173 Å². The number of halogens is 2. The molecule has 1 atom stereocenters. The van der Waals surface area contributed by atoms with Crippen molar-refractivity contribution in [3.8, 4) is 0 Å². The third-order valence-corrected chi connectivity index (χ3v) is 5.28. The van der Waals surface area contributed by atoms with Crippen LogP contribution >= 0.6 is 11.6 Å². The number of nitrogens with one attached hydrogen (secondary N) is 2. The molecular formula is C24H20ClFN2O. The first-order valence-corrected chi connectivity index (χ1v) is 9.80. The van der Waals surface area contributed by atoms with E-state index in [4.69, 9.17) is 11.6 Å². The van der Waals surface area contributed by atoms with Gasteiger partial charge in [0.05, 0.1) is 0 Å². The Hall–Kier alpha value is -3.11. The number of hydrogen-bond donors (Lipinski definition) is 2. The van der Waals surface area contributed by atoms with Gasteiger partial charge in [0.1, 0.15) is 5.82 Å². The van der Waals surface area contributed by atoms with Gasteiger partial charge in [-0.25, -0.2) is 4.39 Å². The van der Waals surface area contributed by atoms with E-state index in [2.05, 4.69) is 16.4 Å². The van der Waals surface area contributed by atoms with Crippen molar-refractivity contribution in [1.82, 2.24) is 10.3 Å². The van der Waals surface area contributed by atoms with E-state index in [0.717, 1.165) is 27.6 Å². The first-order valence-electron chi connectivity index (χ1n) is 9.43. The molecule has 3 nitrogen and oxygen atoms in total. The van der Waals surface area contributed by atoms with Gasteiger partial charge in [-0.15, -0.1) is 0 Å². The molecule has 1 amide bonds. The van der Waals surface area contributed by atoms with Crippen LogP contribution in [0.25, 0.3) is 10.9 Å². The van der Waals surface area contributed by atoms with Crippen LogP contribution in [0.15, 0.2) is 79.0 Å². The number of rotatable bonds is 6. The molecule has 29 heavy (non-hydrogen) atoms. The lowest BCUT2D eigenvalue weighted by Crippen LogP contribution is -2.25. The predicted molar refractivity (Wildman–Crippen MR) is 114 cm³/mol. The highest BCUT2D eigenvalue weighted by Gasteiger charge is 2.21. The third kappa shape index (κ3) is 4.49. The molecule has 0 bridgehead atoms. The standard InChI is InChI=1S/C24H20ClFN2O/c25-18-5-3-4-17(12-18)21(22-15-27-23-7-2-1-6-20(22)23)13-24(29)28-14-16-8-10-19(26)11-9-16/h1-12,15,21,27H,13-14H2,(H,28,29). The van der Waals surface area contributed by atoms with Crippen LogP contribution in [0.4, 0.5) is 4.39 Å². The number of H-pyrrole nitrogens is 1. The van der Waals surface area contributed by atoms with Crippen LogP contribution < -0.4 is 5.32 Å². The van der Waals surface area contributed by atoms with E-state index in [1.54, 1.807) is 12.1 Å². The molecule has 0 aliphatic heterocycles. The van der Waals surface area contributed by atoms with Crippen molar-refractivity contribution in [1.29, 1.82) is 0 Å². The number of para-hydroxylation sites is 1. The van der Waals surface area contributed by atoms with Crippen LogP contribution in [0, 0.1) is 5.82 Å². The van der Waals surface area contributed by atoms with Gasteiger partial charge < -0.3 is 10.3 Å². The highest BCUT2D eigenvalue weighted by Crippen LogP contribution is 2.34. The fourth-order valence-corrected chi connectivity index (χ4v) is 3.77. The van der Waals surface area contributed by atoms with Crippen molar-refractivity contribution in [3.05, 3.63) is 107 Å². The minimum Gasteiger partial charge on any atom is -0.361 e. The minimum absolute atomic E-state index is 0.0791. The molecule has 1 aromatic heterocycles. The fraction of sp³-hybridized carbons (Fsp3) is 0.125. The van der Waals surface area contributed by atoms with Crippen molar-refractivity contribution >= 4 is 28.4 Å². The van der Waals surface area contributed by atoms with Gasteiger partial charge in [0.25, 0.3) is 0 Å². The molecule has 1 heterocycles. The quantitative estimate of drug-likeness (QED) is 0.417. The molecule has 0 fully saturated rings. The molecule has 0 aliphatic rings. The zero-order valence-corrected chi connectivity index (χ0v) is 16.4. The molecule has 0 saturated heterocycles. The maximum atomic E-state index is 13.1. The zero-order valence-electron chi connectivity index (χ0n) is 15.7. The summed E-state index contributed by atoms with van der Waals surface area (Å²) in [6.45, 7) is 0.356. The highest BCUT2D eigenvalue weighted by molar-refractivity contribution is 6.30. The molecule has 3 aromatic carbocycles. The van der Waals surface area contributed by atoms with Gasteiger partial charge >= 0.3 is 0 Å². The summed E-state index contributed by atoms with van der Waals surface area (Å²) in [4.78, 5) is 16.0. The molecule has 2 N–H and O–H groups in total. The van der Waals surface area contributed by atoms with Crippen LogP contribution in [0.5, 0.6) is 0 Å². The number of hydrogen-bond acceptors (Lipinski definition) is 1. The largest absolute Gasteiger partial charge is 0.361 e. The molecule has 0 radical (unpaired) electrons. The maximum absolute atomic E-state index is 13.1. The van der Waals surface area contributed by atoms with Crippen LogP contribution in [0.2, 0.25) is 5.02 Å². The average Bonchev–Trinajstić information content (AvgIpc) is 3.15. The van der Waals surface area contributed by atoms with Crippen molar-refractivity contribution in [2.75, 3.05) is 0 Å². The summed E-state index contributed by atoms with van der Waals surface area (Å²) in [5.74, 6) is -0.511. The monoisotopic (exact) mass is 406 g/mol. The lowest BCUT2D eigenvalue weighted by molar-refractivity contribution is -0.121. The van der Waals surface area contributed by atoms with E-state index in [1.807, 2.05) is 48.7 Å². The lowest BCUT2D eigenvalue weighted by Gasteiger charge is -2.17. The maximum Gasteiger partial charge on any atom is 0.221 e. The molecule has 4 aromatic rings. The zero-order chi connectivity index (χ0) is 20.2. The normalized spacial score (nSPS) is 12.1. The summed E-state index contributed by atoms with van der Waals surface area (Å²) in [5.41, 5.74) is 3.92. The Morgan fingerprint density at radius 3 is 2.62 bits per heavy atom. The molecule has 4 rings (SSSR count).